The molecule has 0 bridgehead atoms. The molecule has 0 spiro atoms. The quantitative estimate of drug-likeness (QED) is 0.784. The topological polar surface area (TPSA) is 71.5 Å². The second-order valence-corrected chi connectivity index (χ2v) is 5.52. The van der Waals surface area contributed by atoms with Gasteiger partial charge in [0.2, 0.25) is 5.91 Å². The Labute approximate surface area is 132 Å². The molecule has 0 saturated carbocycles. The first-order chi connectivity index (χ1) is 10.1. The van der Waals surface area contributed by atoms with Crippen molar-refractivity contribution in [2.75, 3.05) is 24.1 Å². The number of hydrogen-bond acceptors (Lipinski definition) is 4. The highest BCUT2D eigenvalue weighted by Gasteiger charge is 2.12. The summed E-state index contributed by atoms with van der Waals surface area (Å²) in [6, 6.07) is 9.03. The number of nitrogens with zero attached hydrogens (tertiary/aromatic N) is 1. The summed E-state index contributed by atoms with van der Waals surface area (Å²) in [6.45, 7) is 3.68. The first kappa shape index (κ1) is 15.6. The van der Waals surface area contributed by atoms with Gasteiger partial charge in [-0.2, -0.15) is 0 Å². The number of halogens is 1. The number of nitrogens with one attached hydrogen (secondary N) is 1. The van der Waals surface area contributed by atoms with Gasteiger partial charge in [-0.05, 0) is 52.8 Å². The van der Waals surface area contributed by atoms with E-state index in [-0.39, 0.29) is 5.91 Å². The third kappa shape index (κ3) is 4.61. The maximum Gasteiger partial charge on any atom is 0.238 e. The van der Waals surface area contributed by atoms with Gasteiger partial charge in [-0.15, -0.1) is 0 Å². The summed E-state index contributed by atoms with van der Waals surface area (Å²) < 4.78 is 6.07. The third-order valence-corrected chi connectivity index (χ3v) is 3.70. The van der Waals surface area contributed by atoms with E-state index in [4.69, 9.17) is 10.2 Å². The van der Waals surface area contributed by atoms with E-state index >= 15 is 0 Å². The summed E-state index contributed by atoms with van der Waals surface area (Å²) in [4.78, 5) is 14.1. The zero-order valence-corrected chi connectivity index (χ0v) is 13.4. The van der Waals surface area contributed by atoms with E-state index in [0.29, 0.717) is 24.5 Å². The molecule has 0 saturated heterocycles. The van der Waals surface area contributed by atoms with Crippen molar-refractivity contribution in [2.24, 2.45) is 0 Å². The van der Waals surface area contributed by atoms with Crippen LogP contribution in [0.1, 0.15) is 12.7 Å². The van der Waals surface area contributed by atoms with Gasteiger partial charge in [0, 0.05) is 10.2 Å². The summed E-state index contributed by atoms with van der Waals surface area (Å²) in [5, 5.41) is 2.87. The maximum absolute atomic E-state index is 12.1. The van der Waals surface area contributed by atoms with Gasteiger partial charge in [0.25, 0.3) is 0 Å². The summed E-state index contributed by atoms with van der Waals surface area (Å²) in [5.41, 5.74) is 7.03. The Hall–Kier alpha value is -1.79. The van der Waals surface area contributed by atoms with Crippen LogP contribution in [0.25, 0.3) is 0 Å². The molecule has 1 aromatic heterocycles. The Bertz CT molecular complexity index is 599. The number of carbonyl (C=O) groups is 1. The summed E-state index contributed by atoms with van der Waals surface area (Å²) in [5.74, 6) is 0.771. The predicted molar refractivity (Wildman–Crippen MR) is 86.8 cm³/mol. The lowest BCUT2D eigenvalue weighted by Gasteiger charge is -2.18. The number of benzene rings is 1. The van der Waals surface area contributed by atoms with E-state index in [9.17, 15) is 4.79 Å². The fourth-order valence-corrected chi connectivity index (χ4v) is 2.42. The smallest absolute Gasteiger partial charge is 0.238 e. The molecule has 1 heterocycles. The largest absolute Gasteiger partial charge is 0.468 e. The summed E-state index contributed by atoms with van der Waals surface area (Å²) in [7, 11) is 0. The number of amides is 1. The molecule has 0 radical (unpaired) electrons. The zero-order chi connectivity index (χ0) is 15.2. The molecule has 0 unspecified atom stereocenters. The second kappa shape index (κ2) is 7.28. The number of nitrogens with two attached hydrogens (primary N) is 1. The van der Waals surface area contributed by atoms with Crippen molar-refractivity contribution in [1.82, 2.24) is 4.90 Å². The normalized spacial score (nSPS) is 10.8. The van der Waals surface area contributed by atoms with Gasteiger partial charge in [0.1, 0.15) is 5.76 Å². The number of furan rings is 1. The second-order valence-electron chi connectivity index (χ2n) is 4.67. The molecular formula is C15H18BrN3O2. The lowest BCUT2D eigenvalue weighted by Crippen LogP contribution is -2.32. The number of nitrogen functional groups attached to an aromatic ring is 1. The van der Waals surface area contributed by atoms with E-state index in [2.05, 4.69) is 21.2 Å². The molecule has 21 heavy (non-hydrogen) atoms. The Balaban J connectivity index is 1.93. The van der Waals surface area contributed by atoms with Gasteiger partial charge in [-0.25, -0.2) is 0 Å². The highest BCUT2D eigenvalue weighted by Crippen LogP contribution is 2.24. The van der Waals surface area contributed by atoms with Crippen molar-refractivity contribution in [3.63, 3.8) is 0 Å². The number of rotatable bonds is 6. The SMILES string of the molecule is CCN(CC(=O)Nc1ccc(N)cc1Br)Cc1ccco1. The molecule has 3 N–H and O–H groups in total. The highest BCUT2D eigenvalue weighted by molar-refractivity contribution is 9.10. The molecule has 6 heteroatoms. The first-order valence-corrected chi connectivity index (χ1v) is 7.47. The van der Waals surface area contributed by atoms with Crippen molar-refractivity contribution in [2.45, 2.75) is 13.5 Å². The minimum atomic E-state index is -0.0751. The van der Waals surface area contributed by atoms with Crippen LogP contribution in [0.15, 0.2) is 45.5 Å². The lowest BCUT2D eigenvalue weighted by molar-refractivity contribution is -0.117. The predicted octanol–water partition coefficient (Wildman–Crippen LogP) is 3.08. The molecule has 1 aromatic carbocycles. The Morgan fingerprint density at radius 2 is 2.24 bits per heavy atom. The van der Waals surface area contributed by atoms with E-state index in [1.807, 2.05) is 24.0 Å². The van der Waals surface area contributed by atoms with Crippen LogP contribution in [0.2, 0.25) is 0 Å². The molecule has 0 aliphatic heterocycles. The standard InChI is InChI=1S/C15H18BrN3O2/c1-2-19(9-12-4-3-7-21-12)10-15(20)18-14-6-5-11(17)8-13(14)16/h3-8H,2,9-10,17H2,1H3,(H,18,20). The van der Waals surface area contributed by atoms with Crippen molar-refractivity contribution >= 4 is 33.2 Å². The van der Waals surface area contributed by atoms with E-state index < -0.39 is 0 Å². The monoisotopic (exact) mass is 351 g/mol. The van der Waals surface area contributed by atoms with Gasteiger partial charge in [0.15, 0.2) is 0 Å². The molecular weight excluding hydrogens is 334 g/mol. The average Bonchev–Trinajstić information content (AvgIpc) is 2.94. The van der Waals surface area contributed by atoms with Crippen molar-refractivity contribution in [3.8, 4) is 0 Å². The number of carbonyl (C=O) groups excluding carboxylic acids is 1. The zero-order valence-electron chi connectivity index (χ0n) is 11.8. The third-order valence-electron chi connectivity index (χ3n) is 3.04. The van der Waals surface area contributed by atoms with Gasteiger partial charge in [0.05, 0.1) is 25.0 Å². The highest BCUT2D eigenvalue weighted by atomic mass is 79.9. The van der Waals surface area contributed by atoms with Gasteiger partial charge in [-0.3, -0.25) is 9.69 Å². The lowest BCUT2D eigenvalue weighted by atomic mass is 10.3. The molecule has 0 aliphatic carbocycles. The Morgan fingerprint density at radius 1 is 1.43 bits per heavy atom. The van der Waals surface area contributed by atoms with Crippen molar-refractivity contribution < 1.29 is 9.21 Å². The van der Waals surface area contributed by atoms with Crippen LogP contribution in [-0.4, -0.2) is 23.9 Å². The molecule has 2 rings (SSSR count). The minimum absolute atomic E-state index is 0.0751. The number of likely N-dealkylation sites (N-methyl/N-ethyl adjacent to an activating group) is 1. The summed E-state index contributed by atoms with van der Waals surface area (Å²) >= 11 is 3.38. The molecule has 2 aromatic rings. The molecule has 1 amide bonds. The maximum atomic E-state index is 12.1. The van der Waals surface area contributed by atoms with Gasteiger partial charge < -0.3 is 15.5 Å². The van der Waals surface area contributed by atoms with Crippen molar-refractivity contribution in [1.29, 1.82) is 0 Å². The first-order valence-electron chi connectivity index (χ1n) is 6.68. The Kier molecular flexibility index (Phi) is 5.41. The van der Waals surface area contributed by atoms with Crippen LogP contribution in [-0.2, 0) is 11.3 Å². The van der Waals surface area contributed by atoms with Gasteiger partial charge >= 0.3 is 0 Å². The van der Waals surface area contributed by atoms with E-state index in [0.717, 1.165) is 16.8 Å². The van der Waals surface area contributed by atoms with Crippen LogP contribution in [0.5, 0.6) is 0 Å². The van der Waals surface area contributed by atoms with E-state index in [1.54, 1.807) is 24.5 Å². The molecule has 5 nitrogen and oxygen atoms in total. The van der Waals surface area contributed by atoms with Crippen LogP contribution in [0, 0.1) is 0 Å². The molecule has 112 valence electrons. The molecule has 0 aliphatic rings. The van der Waals surface area contributed by atoms with Crippen LogP contribution < -0.4 is 11.1 Å². The van der Waals surface area contributed by atoms with E-state index in [1.165, 1.54) is 0 Å². The Morgan fingerprint density at radius 3 is 2.86 bits per heavy atom. The number of hydrogen-bond donors (Lipinski definition) is 2. The molecule has 0 fully saturated rings. The van der Waals surface area contributed by atoms with Crippen LogP contribution in [0.3, 0.4) is 0 Å². The fourth-order valence-electron chi connectivity index (χ4n) is 1.93. The van der Waals surface area contributed by atoms with Crippen LogP contribution >= 0.6 is 15.9 Å². The van der Waals surface area contributed by atoms with Gasteiger partial charge in [-0.1, -0.05) is 6.92 Å². The molecule has 0 atom stereocenters. The van der Waals surface area contributed by atoms with Crippen molar-refractivity contribution in [3.05, 3.63) is 46.8 Å². The fraction of sp³-hybridized carbons (Fsp3) is 0.267. The minimum Gasteiger partial charge on any atom is -0.468 e. The summed E-state index contributed by atoms with van der Waals surface area (Å²) in [6.07, 6.45) is 1.63. The van der Waals surface area contributed by atoms with Crippen LogP contribution in [0.4, 0.5) is 11.4 Å². The number of anilines is 2. The average molecular weight is 352 g/mol.